The van der Waals surface area contributed by atoms with Gasteiger partial charge in [0.2, 0.25) is 0 Å². The summed E-state index contributed by atoms with van der Waals surface area (Å²) in [6.45, 7) is 5.12. The second kappa shape index (κ2) is 5.77. The first-order valence-corrected chi connectivity index (χ1v) is 8.09. The molecule has 0 saturated carbocycles. The molecule has 2 aliphatic rings. The fraction of sp³-hybridized carbons (Fsp3) is 0.500. The first kappa shape index (κ1) is 15.1. The SMILES string of the molecule is CC1(C(=O)O)CSC(c2ncc(N3CCNCC3)cc2O)=N1. The summed E-state index contributed by atoms with van der Waals surface area (Å²) in [4.78, 5) is 21.9. The van der Waals surface area contributed by atoms with E-state index in [1.807, 2.05) is 0 Å². The number of aliphatic imine (C=N–C) groups is 1. The number of carbonyl (C=O) groups is 1. The van der Waals surface area contributed by atoms with Gasteiger partial charge >= 0.3 is 5.97 Å². The summed E-state index contributed by atoms with van der Waals surface area (Å²) in [6, 6.07) is 1.67. The maximum Gasteiger partial charge on any atom is 0.332 e. The van der Waals surface area contributed by atoms with Gasteiger partial charge in [-0.2, -0.15) is 0 Å². The molecular weight excluding hydrogens is 304 g/mol. The molecule has 1 aromatic rings. The normalized spacial score (nSPS) is 25.1. The summed E-state index contributed by atoms with van der Waals surface area (Å²) in [5, 5.41) is 23.2. The number of anilines is 1. The molecule has 1 atom stereocenters. The van der Waals surface area contributed by atoms with Crippen LogP contribution in [0.1, 0.15) is 12.6 Å². The third-order valence-electron chi connectivity index (χ3n) is 3.84. The van der Waals surface area contributed by atoms with E-state index < -0.39 is 11.5 Å². The van der Waals surface area contributed by atoms with Gasteiger partial charge in [-0.3, -0.25) is 4.99 Å². The topological polar surface area (TPSA) is 98.0 Å². The van der Waals surface area contributed by atoms with Crippen molar-refractivity contribution in [3.8, 4) is 5.75 Å². The van der Waals surface area contributed by atoms with Crippen molar-refractivity contribution in [2.24, 2.45) is 4.99 Å². The standard InChI is InChI=1S/C14H18N4O3S/c1-14(13(20)21)8-22-12(17-14)11-10(19)6-9(7-16-11)18-4-2-15-3-5-18/h6-7,15,19H,2-5,8H2,1H3,(H,20,21). The van der Waals surface area contributed by atoms with Crippen LogP contribution in [0.2, 0.25) is 0 Å². The second-order valence-electron chi connectivity index (χ2n) is 5.58. The number of aromatic nitrogens is 1. The summed E-state index contributed by atoms with van der Waals surface area (Å²) < 4.78 is 0. The number of aliphatic carboxylic acids is 1. The number of carboxylic acid groups (broad SMARTS) is 1. The lowest BCUT2D eigenvalue weighted by Crippen LogP contribution is -2.43. The Morgan fingerprint density at radius 2 is 2.18 bits per heavy atom. The lowest BCUT2D eigenvalue weighted by Gasteiger charge is -2.29. The van der Waals surface area contributed by atoms with Gasteiger partial charge in [0.15, 0.2) is 5.54 Å². The van der Waals surface area contributed by atoms with Crippen LogP contribution in [-0.2, 0) is 4.79 Å². The Balaban J connectivity index is 1.85. The van der Waals surface area contributed by atoms with Gasteiger partial charge in [0.05, 0.1) is 11.9 Å². The summed E-state index contributed by atoms with van der Waals surface area (Å²) in [7, 11) is 0. The van der Waals surface area contributed by atoms with Crippen LogP contribution in [0.5, 0.6) is 5.75 Å². The van der Waals surface area contributed by atoms with E-state index in [0.29, 0.717) is 16.5 Å². The molecule has 0 radical (unpaired) electrons. The molecule has 3 rings (SSSR count). The zero-order valence-corrected chi connectivity index (χ0v) is 13.1. The number of hydrogen-bond acceptors (Lipinski definition) is 7. The zero-order valence-electron chi connectivity index (χ0n) is 12.2. The van der Waals surface area contributed by atoms with E-state index in [4.69, 9.17) is 0 Å². The summed E-state index contributed by atoms with van der Waals surface area (Å²) >= 11 is 1.31. The fourth-order valence-electron chi connectivity index (χ4n) is 2.43. The van der Waals surface area contributed by atoms with Gasteiger partial charge in [-0.25, -0.2) is 9.78 Å². The van der Waals surface area contributed by atoms with Crippen molar-refractivity contribution < 1.29 is 15.0 Å². The number of thioether (sulfide) groups is 1. The van der Waals surface area contributed by atoms with Crippen LogP contribution in [0.25, 0.3) is 0 Å². The number of nitrogens with one attached hydrogen (secondary N) is 1. The Hall–Kier alpha value is -1.80. The van der Waals surface area contributed by atoms with E-state index in [1.54, 1.807) is 19.2 Å². The second-order valence-corrected chi connectivity index (χ2v) is 6.55. The highest BCUT2D eigenvalue weighted by molar-refractivity contribution is 8.14. The van der Waals surface area contributed by atoms with Crippen LogP contribution < -0.4 is 10.2 Å². The van der Waals surface area contributed by atoms with Crippen LogP contribution in [0, 0.1) is 0 Å². The predicted octanol–water partition coefficient (Wildman–Crippen LogP) is 0.534. The minimum absolute atomic E-state index is 0.0388. The van der Waals surface area contributed by atoms with E-state index >= 15 is 0 Å². The molecule has 0 aliphatic carbocycles. The van der Waals surface area contributed by atoms with E-state index in [0.717, 1.165) is 31.9 Å². The molecule has 2 aliphatic heterocycles. The maximum atomic E-state index is 11.2. The van der Waals surface area contributed by atoms with Crippen molar-refractivity contribution in [3.63, 3.8) is 0 Å². The van der Waals surface area contributed by atoms with Crippen molar-refractivity contribution in [2.75, 3.05) is 36.8 Å². The number of aromatic hydroxyl groups is 1. The minimum Gasteiger partial charge on any atom is -0.506 e. The van der Waals surface area contributed by atoms with E-state index in [2.05, 4.69) is 20.2 Å². The Morgan fingerprint density at radius 1 is 1.45 bits per heavy atom. The molecule has 1 saturated heterocycles. The highest BCUT2D eigenvalue weighted by Crippen LogP contribution is 2.34. The number of rotatable bonds is 3. The van der Waals surface area contributed by atoms with Crippen LogP contribution in [0.4, 0.5) is 5.69 Å². The van der Waals surface area contributed by atoms with E-state index in [-0.39, 0.29) is 5.75 Å². The van der Waals surface area contributed by atoms with Crippen molar-refractivity contribution in [1.29, 1.82) is 0 Å². The summed E-state index contributed by atoms with van der Waals surface area (Å²) in [5.41, 5.74) is 0.0758. The Labute approximate surface area is 132 Å². The van der Waals surface area contributed by atoms with Gasteiger partial charge in [0.1, 0.15) is 16.5 Å². The molecular formula is C14H18N4O3S. The summed E-state index contributed by atoms with van der Waals surface area (Å²) in [6.07, 6.45) is 1.71. The van der Waals surface area contributed by atoms with Gasteiger partial charge in [0.25, 0.3) is 0 Å². The fourth-order valence-corrected chi connectivity index (χ4v) is 3.60. The average Bonchev–Trinajstić information content (AvgIpc) is 2.92. The molecule has 118 valence electrons. The van der Waals surface area contributed by atoms with Gasteiger partial charge in [-0.05, 0) is 6.92 Å². The van der Waals surface area contributed by atoms with Crippen molar-refractivity contribution >= 4 is 28.5 Å². The molecule has 3 heterocycles. The predicted molar refractivity (Wildman–Crippen MR) is 86.0 cm³/mol. The van der Waals surface area contributed by atoms with Gasteiger partial charge in [0, 0.05) is 38.0 Å². The average molecular weight is 322 g/mol. The van der Waals surface area contributed by atoms with Crippen LogP contribution in [0.15, 0.2) is 17.3 Å². The van der Waals surface area contributed by atoms with Crippen molar-refractivity contribution in [3.05, 3.63) is 18.0 Å². The molecule has 8 heteroatoms. The molecule has 0 amide bonds. The molecule has 22 heavy (non-hydrogen) atoms. The van der Waals surface area contributed by atoms with Gasteiger partial charge in [-0.15, -0.1) is 11.8 Å². The third-order valence-corrected chi connectivity index (χ3v) is 5.10. The van der Waals surface area contributed by atoms with Crippen LogP contribution in [-0.4, -0.2) is 63.7 Å². The molecule has 0 bridgehead atoms. The monoisotopic (exact) mass is 322 g/mol. The highest BCUT2D eigenvalue weighted by atomic mass is 32.2. The number of hydrogen-bond donors (Lipinski definition) is 3. The highest BCUT2D eigenvalue weighted by Gasteiger charge is 2.39. The number of carboxylic acids is 1. The lowest BCUT2D eigenvalue weighted by atomic mass is 10.1. The number of pyridine rings is 1. The zero-order chi connectivity index (χ0) is 15.7. The smallest absolute Gasteiger partial charge is 0.332 e. The van der Waals surface area contributed by atoms with Gasteiger partial charge < -0.3 is 20.4 Å². The largest absolute Gasteiger partial charge is 0.506 e. The van der Waals surface area contributed by atoms with Crippen molar-refractivity contribution in [2.45, 2.75) is 12.5 Å². The minimum atomic E-state index is -1.15. The Morgan fingerprint density at radius 3 is 2.77 bits per heavy atom. The van der Waals surface area contributed by atoms with Crippen LogP contribution in [0.3, 0.4) is 0 Å². The molecule has 0 spiro atoms. The molecule has 0 aromatic carbocycles. The summed E-state index contributed by atoms with van der Waals surface area (Å²) in [5.74, 6) is -0.581. The molecule has 1 unspecified atom stereocenters. The maximum absolute atomic E-state index is 11.2. The van der Waals surface area contributed by atoms with Crippen molar-refractivity contribution in [1.82, 2.24) is 10.3 Å². The third kappa shape index (κ3) is 2.76. The first-order chi connectivity index (χ1) is 10.5. The quantitative estimate of drug-likeness (QED) is 0.747. The number of piperazine rings is 1. The molecule has 3 N–H and O–H groups in total. The number of nitrogens with zero attached hydrogens (tertiary/aromatic N) is 3. The van der Waals surface area contributed by atoms with E-state index in [1.165, 1.54) is 11.8 Å². The molecule has 1 fully saturated rings. The van der Waals surface area contributed by atoms with Gasteiger partial charge in [-0.1, -0.05) is 0 Å². The first-order valence-electron chi connectivity index (χ1n) is 7.11. The lowest BCUT2D eigenvalue weighted by molar-refractivity contribution is -0.141. The molecule has 1 aromatic heterocycles. The Bertz CT molecular complexity index is 631. The van der Waals surface area contributed by atoms with E-state index in [9.17, 15) is 15.0 Å². The van der Waals surface area contributed by atoms with Crippen LogP contribution >= 0.6 is 11.8 Å². The molecule has 7 nitrogen and oxygen atoms in total. The Kier molecular flexibility index (Phi) is 3.96.